The van der Waals surface area contributed by atoms with E-state index in [1.165, 1.54) is 22.9 Å². The summed E-state index contributed by atoms with van der Waals surface area (Å²) in [7, 11) is 1.62. The maximum absolute atomic E-state index is 5.94. The van der Waals surface area contributed by atoms with E-state index in [0.717, 1.165) is 21.3 Å². The van der Waals surface area contributed by atoms with Gasteiger partial charge in [-0.25, -0.2) is 4.68 Å². The predicted octanol–water partition coefficient (Wildman–Crippen LogP) is 4.74. The Balaban J connectivity index is 1.57. The van der Waals surface area contributed by atoms with Crippen LogP contribution in [0.3, 0.4) is 0 Å². The Labute approximate surface area is 190 Å². The Hall–Kier alpha value is -2.62. The third kappa shape index (κ3) is 5.94. The van der Waals surface area contributed by atoms with Gasteiger partial charge in [0, 0.05) is 0 Å². The van der Waals surface area contributed by atoms with E-state index in [9.17, 15) is 0 Å². The molecule has 0 aliphatic carbocycles. The van der Waals surface area contributed by atoms with Crippen molar-refractivity contribution in [2.75, 3.05) is 20.3 Å². The van der Waals surface area contributed by atoms with Gasteiger partial charge in [-0.3, -0.25) is 0 Å². The highest BCUT2D eigenvalue weighted by molar-refractivity contribution is 14.1. The average Bonchev–Trinajstić information content (AvgIpc) is 3.29. The van der Waals surface area contributed by atoms with Gasteiger partial charge in [0.25, 0.3) is 0 Å². The highest BCUT2D eigenvalue weighted by Crippen LogP contribution is 2.33. The molecule has 0 N–H and O–H groups in total. The van der Waals surface area contributed by atoms with Crippen molar-refractivity contribution in [3.8, 4) is 17.2 Å². The number of hydrogen-bond donors (Lipinski definition) is 0. The van der Waals surface area contributed by atoms with Crippen molar-refractivity contribution in [3.05, 3.63) is 63.7 Å². The van der Waals surface area contributed by atoms with Gasteiger partial charge in [-0.05, 0) is 70.3 Å². The van der Waals surface area contributed by atoms with Crippen LogP contribution in [-0.4, -0.2) is 41.4 Å². The SMILES string of the molecule is CC[C@H](C)c1ccc(OCCOc2c(I)cc(/C=N\n3cnnc3)cc2OC)cc1. The Kier molecular flexibility index (Phi) is 8.06. The summed E-state index contributed by atoms with van der Waals surface area (Å²) in [6, 6.07) is 12.1. The Bertz CT molecular complexity index is 959. The lowest BCUT2D eigenvalue weighted by atomic mass is 9.99. The maximum Gasteiger partial charge on any atom is 0.174 e. The van der Waals surface area contributed by atoms with Crippen LogP contribution in [0.15, 0.2) is 54.2 Å². The third-order valence-corrected chi connectivity index (χ3v) is 5.46. The largest absolute Gasteiger partial charge is 0.493 e. The van der Waals surface area contributed by atoms with Gasteiger partial charge in [0.15, 0.2) is 11.5 Å². The number of halogens is 1. The lowest BCUT2D eigenvalue weighted by molar-refractivity contribution is 0.210. The molecule has 1 aromatic heterocycles. The average molecular weight is 520 g/mol. The van der Waals surface area contributed by atoms with Crippen LogP contribution in [0.4, 0.5) is 0 Å². The first kappa shape index (κ1) is 22.1. The predicted molar refractivity (Wildman–Crippen MR) is 125 cm³/mol. The quantitative estimate of drug-likeness (QED) is 0.219. The number of hydrogen-bond acceptors (Lipinski definition) is 6. The number of methoxy groups -OCH3 is 1. The van der Waals surface area contributed by atoms with E-state index in [0.29, 0.717) is 30.6 Å². The maximum atomic E-state index is 5.94. The van der Waals surface area contributed by atoms with Crippen LogP contribution in [0.1, 0.15) is 37.3 Å². The zero-order valence-corrected chi connectivity index (χ0v) is 19.4. The molecule has 0 radical (unpaired) electrons. The van der Waals surface area contributed by atoms with Crippen LogP contribution in [0.25, 0.3) is 0 Å². The molecule has 30 heavy (non-hydrogen) atoms. The second-order valence-electron chi connectivity index (χ2n) is 6.70. The van der Waals surface area contributed by atoms with E-state index in [4.69, 9.17) is 14.2 Å². The normalized spacial score (nSPS) is 12.1. The summed E-state index contributed by atoms with van der Waals surface area (Å²) >= 11 is 2.23. The molecule has 0 saturated heterocycles. The molecule has 1 atom stereocenters. The van der Waals surface area contributed by atoms with Gasteiger partial charge in [-0.15, -0.1) is 10.2 Å². The second kappa shape index (κ2) is 11.0. The molecule has 0 aliphatic heterocycles. The van der Waals surface area contributed by atoms with Crippen LogP contribution in [-0.2, 0) is 0 Å². The minimum atomic E-state index is 0.410. The fraction of sp³-hybridized carbons (Fsp3) is 0.318. The van der Waals surface area contributed by atoms with Gasteiger partial charge in [0.1, 0.15) is 31.6 Å². The summed E-state index contributed by atoms with van der Waals surface area (Å²) in [5, 5.41) is 11.7. The zero-order chi connectivity index (χ0) is 21.3. The molecule has 0 amide bonds. The molecule has 0 aliphatic rings. The van der Waals surface area contributed by atoms with E-state index in [-0.39, 0.29) is 0 Å². The van der Waals surface area contributed by atoms with E-state index >= 15 is 0 Å². The molecule has 1 heterocycles. The smallest absolute Gasteiger partial charge is 0.174 e. The number of ether oxygens (including phenoxy) is 3. The van der Waals surface area contributed by atoms with Crippen LogP contribution < -0.4 is 14.2 Å². The van der Waals surface area contributed by atoms with Crippen LogP contribution in [0.2, 0.25) is 0 Å². The summed E-state index contributed by atoms with van der Waals surface area (Å²) in [6.45, 7) is 5.27. The van der Waals surface area contributed by atoms with Crippen molar-refractivity contribution in [1.29, 1.82) is 0 Å². The molecule has 0 saturated carbocycles. The van der Waals surface area contributed by atoms with Gasteiger partial charge >= 0.3 is 0 Å². The van der Waals surface area contributed by atoms with Crippen molar-refractivity contribution >= 4 is 28.8 Å². The summed E-state index contributed by atoms with van der Waals surface area (Å²) in [5.74, 6) is 2.73. The van der Waals surface area contributed by atoms with Gasteiger partial charge in [-0.2, -0.15) is 5.10 Å². The van der Waals surface area contributed by atoms with E-state index < -0.39 is 0 Å². The minimum absolute atomic E-state index is 0.410. The molecule has 0 bridgehead atoms. The number of aromatic nitrogens is 3. The first-order chi connectivity index (χ1) is 14.6. The fourth-order valence-electron chi connectivity index (χ4n) is 2.77. The van der Waals surface area contributed by atoms with Gasteiger partial charge < -0.3 is 14.2 Å². The molecule has 3 aromatic rings. The monoisotopic (exact) mass is 520 g/mol. The van der Waals surface area contributed by atoms with E-state index in [1.54, 1.807) is 13.3 Å². The zero-order valence-electron chi connectivity index (χ0n) is 17.3. The Morgan fingerprint density at radius 3 is 2.47 bits per heavy atom. The first-order valence-electron chi connectivity index (χ1n) is 9.72. The van der Waals surface area contributed by atoms with Gasteiger partial charge in [-0.1, -0.05) is 26.0 Å². The first-order valence-corrected chi connectivity index (χ1v) is 10.8. The molecule has 3 rings (SSSR count). The molecule has 7 nitrogen and oxygen atoms in total. The topological polar surface area (TPSA) is 70.8 Å². The molecule has 2 aromatic carbocycles. The molecular weight excluding hydrogens is 495 g/mol. The van der Waals surface area contributed by atoms with E-state index in [2.05, 4.69) is 63.9 Å². The van der Waals surface area contributed by atoms with Gasteiger partial charge in [0.2, 0.25) is 0 Å². The minimum Gasteiger partial charge on any atom is -0.493 e. The number of rotatable bonds is 10. The van der Waals surface area contributed by atoms with Crippen molar-refractivity contribution in [2.45, 2.75) is 26.2 Å². The third-order valence-electron chi connectivity index (χ3n) is 4.66. The van der Waals surface area contributed by atoms with Crippen molar-refractivity contribution in [2.24, 2.45) is 5.10 Å². The fourth-order valence-corrected chi connectivity index (χ4v) is 3.56. The lowest BCUT2D eigenvalue weighted by Crippen LogP contribution is -2.10. The molecule has 158 valence electrons. The summed E-state index contributed by atoms with van der Waals surface area (Å²) < 4.78 is 19.7. The summed E-state index contributed by atoms with van der Waals surface area (Å²) in [5.41, 5.74) is 2.21. The molecular formula is C22H25IN4O3. The number of nitrogens with zero attached hydrogens (tertiary/aromatic N) is 4. The van der Waals surface area contributed by atoms with Crippen molar-refractivity contribution < 1.29 is 14.2 Å². The highest BCUT2D eigenvalue weighted by atomic mass is 127. The molecule has 0 fully saturated rings. The lowest BCUT2D eigenvalue weighted by Gasteiger charge is -2.14. The summed E-state index contributed by atoms with van der Waals surface area (Å²) in [6.07, 6.45) is 5.88. The van der Waals surface area contributed by atoms with Gasteiger partial charge in [0.05, 0.1) is 16.9 Å². The van der Waals surface area contributed by atoms with Crippen LogP contribution in [0, 0.1) is 3.57 Å². The Morgan fingerprint density at radius 2 is 1.80 bits per heavy atom. The van der Waals surface area contributed by atoms with Crippen molar-refractivity contribution in [3.63, 3.8) is 0 Å². The summed E-state index contributed by atoms with van der Waals surface area (Å²) in [4.78, 5) is 0. The molecule has 8 heteroatoms. The molecule has 0 unspecified atom stereocenters. The highest BCUT2D eigenvalue weighted by Gasteiger charge is 2.11. The van der Waals surface area contributed by atoms with Crippen molar-refractivity contribution in [1.82, 2.24) is 14.9 Å². The van der Waals surface area contributed by atoms with Crippen LogP contribution in [0.5, 0.6) is 17.2 Å². The number of benzene rings is 2. The Morgan fingerprint density at radius 1 is 1.10 bits per heavy atom. The van der Waals surface area contributed by atoms with Crippen LogP contribution >= 0.6 is 22.6 Å². The second-order valence-corrected chi connectivity index (χ2v) is 7.86. The van der Waals surface area contributed by atoms with E-state index in [1.807, 2.05) is 24.3 Å². The standard InChI is InChI=1S/C22H25IN4O3/c1-4-16(2)18-5-7-19(8-6-18)29-9-10-30-22-20(23)11-17(12-21(22)28-3)13-26-27-14-24-25-15-27/h5-8,11-16H,4,9-10H2,1-3H3/b26-13-/t16-/m0/s1. The molecule has 0 spiro atoms.